The minimum atomic E-state index is -0.230. The van der Waals surface area contributed by atoms with E-state index in [0.717, 1.165) is 0 Å². The summed E-state index contributed by atoms with van der Waals surface area (Å²) in [5.74, 6) is 0.872. The first-order valence-electron chi connectivity index (χ1n) is 4.77. The summed E-state index contributed by atoms with van der Waals surface area (Å²) >= 11 is 0. The molecule has 5 nitrogen and oxygen atoms in total. The first-order valence-corrected chi connectivity index (χ1v) is 4.77. The highest BCUT2D eigenvalue weighted by atomic mass is 16.1. The molecular weight excluding hydrogens is 204 g/mol. The van der Waals surface area contributed by atoms with Gasteiger partial charge in [0, 0.05) is 18.6 Å². The van der Waals surface area contributed by atoms with Crippen molar-refractivity contribution in [1.29, 1.82) is 0 Å². The quantitative estimate of drug-likeness (QED) is 0.821. The molecule has 0 aliphatic heterocycles. The largest absolute Gasteiger partial charge is 0.306 e. The molecule has 0 bridgehead atoms. The van der Waals surface area contributed by atoms with Gasteiger partial charge in [-0.15, -0.1) is 0 Å². The van der Waals surface area contributed by atoms with Crippen LogP contribution in [0.15, 0.2) is 36.8 Å². The molecule has 1 amide bonds. The second-order valence-corrected chi connectivity index (χ2v) is 3.18. The molecule has 2 aromatic heterocycles. The van der Waals surface area contributed by atoms with Gasteiger partial charge in [-0.25, -0.2) is 9.97 Å². The summed E-state index contributed by atoms with van der Waals surface area (Å²) in [6, 6.07) is 5.04. The topological polar surface area (TPSA) is 67.8 Å². The minimum absolute atomic E-state index is 0.230. The molecule has 0 aliphatic carbocycles. The molecule has 2 rings (SSSR count). The normalized spacial score (nSPS) is 9.81. The summed E-state index contributed by atoms with van der Waals surface area (Å²) in [6.45, 7) is 1.76. The molecule has 0 aromatic carbocycles. The Kier molecular flexibility index (Phi) is 2.86. The van der Waals surface area contributed by atoms with Gasteiger partial charge in [0.1, 0.15) is 11.6 Å². The molecule has 80 valence electrons. The van der Waals surface area contributed by atoms with Crippen LogP contribution in [-0.2, 0) is 0 Å². The summed E-state index contributed by atoms with van der Waals surface area (Å²) < 4.78 is 0. The molecule has 0 saturated carbocycles. The van der Waals surface area contributed by atoms with Gasteiger partial charge < -0.3 is 5.32 Å². The first-order chi connectivity index (χ1) is 7.75. The number of aromatic nitrogens is 3. The van der Waals surface area contributed by atoms with Crippen molar-refractivity contribution in [3.63, 3.8) is 0 Å². The van der Waals surface area contributed by atoms with Crippen LogP contribution in [0.25, 0.3) is 0 Å². The van der Waals surface area contributed by atoms with Gasteiger partial charge in [0.25, 0.3) is 5.91 Å². The van der Waals surface area contributed by atoms with Crippen LogP contribution in [0.2, 0.25) is 0 Å². The van der Waals surface area contributed by atoms with Crippen molar-refractivity contribution in [3.05, 3.63) is 48.2 Å². The van der Waals surface area contributed by atoms with Crippen LogP contribution in [0.5, 0.6) is 0 Å². The Morgan fingerprint density at radius 2 is 2.19 bits per heavy atom. The summed E-state index contributed by atoms with van der Waals surface area (Å²) in [5.41, 5.74) is 0.499. The maximum Gasteiger partial charge on any atom is 0.258 e. The van der Waals surface area contributed by atoms with E-state index in [1.54, 1.807) is 37.5 Å². The van der Waals surface area contributed by atoms with Gasteiger partial charge in [0.15, 0.2) is 0 Å². The molecule has 0 saturated heterocycles. The van der Waals surface area contributed by atoms with Crippen molar-refractivity contribution < 1.29 is 4.79 Å². The number of carbonyl (C=O) groups is 1. The zero-order valence-electron chi connectivity index (χ0n) is 8.71. The average Bonchev–Trinajstić information content (AvgIpc) is 2.30. The van der Waals surface area contributed by atoms with E-state index in [1.807, 2.05) is 0 Å². The Morgan fingerprint density at radius 3 is 2.88 bits per heavy atom. The number of aryl methyl sites for hydroxylation is 1. The highest BCUT2D eigenvalue weighted by molar-refractivity contribution is 6.03. The lowest BCUT2D eigenvalue weighted by Gasteiger charge is -2.03. The van der Waals surface area contributed by atoms with E-state index in [-0.39, 0.29) is 5.91 Å². The Labute approximate surface area is 92.6 Å². The molecule has 0 fully saturated rings. The number of carbonyl (C=O) groups excluding carboxylic acids is 1. The Balaban J connectivity index is 2.14. The van der Waals surface area contributed by atoms with Crippen molar-refractivity contribution in [3.8, 4) is 0 Å². The second kappa shape index (κ2) is 4.48. The summed E-state index contributed by atoms with van der Waals surface area (Å²) in [7, 11) is 0. The third-order valence-electron chi connectivity index (χ3n) is 1.94. The molecule has 2 aromatic rings. The lowest BCUT2D eigenvalue weighted by atomic mass is 10.3. The predicted molar refractivity (Wildman–Crippen MR) is 59.0 cm³/mol. The number of nitrogens with one attached hydrogen (secondary N) is 1. The number of nitrogens with zero attached hydrogens (tertiary/aromatic N) is 3. The van der Waals surface area contributed by atoms with Crippen LogP contribution < -0.4 is 5.32 Å². The Morgan fingerprint density at radius 1 is 1.31 bits per heavy atom. The maximum atomic E-state index is 11.7. The number of hydrogen-bond acceptors (Lipinski definition) is 4. The number of hydrogen-bond donors (Lipinski definition) is 1. The molecule has 0 spiro atoms. The van der Waals surface area contributed by atoms with Gasteiger partial charge in [-0.1, -0.05) is 0 Å². The standard InChI is InChI=1S/C11H10N4O/c1-8-13-6-4-10(14-8)15-11(16)9-3-2-5-12-7-9/h2-7H,1H3,(H,13,14,15,16). The van der Waals surface area contributed by atoms with Gasteiger partial charge in [0.05, 0.1) is 5.56 Å². The van der Waals surface area contributed by atoms with E-state index in [2.05, 4.69) is 20.3 Å². The lowest BCUT2D eigenvalue weighted by Crippen LogP contribution is -2.13. The van der Waals surface area contributed by atoms with Gasteiger partial charge >= 0.3 is 0 Å². The molecular formula is C11H10N4O. The SMILES string of the molecule is Cc1nccc(NC(=O)c2cccnc2)n1. The monoisotopic (exact) mass is 214 g/mol. The smallest absolute Gasteiger partial charge is 0.258 e. The average molecular weight is 214 g/mol. The third-order valence-corrected chi connectivity index (χ3v) is 1.94. The zero-order chi connectivity index (χ0) is 11.4. The summed E-state index contributed by atoms with van der Waals surface area (Å²) in [6.07, 6.45) is 4.72. The molecule has 5 heteroatoms. The van der Waals surface area contributed by atoms with Crippen LogP contribution >= 0.6 is 0 Å². The van der Waals surface area contributed by atoms with E-state index >= 15 is 0 Å². The van der Waals surface area contributed by atoms with Crippen LogP contribution in [0.3, 0.4) is 0 Å². The van der Waals surface area contributed by atoms with Crippen LogP contribution in [0.1, 0.15) is 16.2 Å². The number of amides is 1. The third kappa shape index (κ3) is 2.38. The van der Waals surface area contributed by atoms with Crippen LogP contribution in [-0.4, -0.2) is 20.9 Å². The summed E-state index contributed by atoms with van der Waals surface area (Å²) in [4.78, 5) is 23.6. The van der Waals surface area contributed by atoms with Crippen molar-refractivity contribution in [2.75, 3.05) is 5.32 Å². The molecule has 0 aliphatic rings. The number of anilines is 1. The highest BCUT2D eigenvalue weighted by Gasteiger charge is 2.06. The lowest BCUT2D eigenvalue weighted by molar-refractivity contribution is 0.102. The zero-order valence-corrected chi connectivity index (χ0v) is 8.71. The van der Waals surface area contributed by atoms with Gasteiger partial charge in [-0.3, -0.25) is 9.78 Å². The highest BCUT2D eigenvalue weighted by Crippen LogP contribution is 2.04. The Bertz CT molecular complexity index is 498. The second-order valence-electron chi connectivity index (χ2n) is 3.18. The molecule has 2 heterocycles. The Hall–Kier alpha value is -2.30. The molecule has 0 unspecified atom stereocenters. The number of pyridine rings is 1. The van der Waals surface area contributed by atoms with Gasteiger partial charge in [-0.2, -0.15) is 0 Å². The molecule has 0 radical (unpaired) electrons. The van der Waals surface area contributed by atoms with Gasteiger partial charge in [-0.05, 0) is 25.1 Å². The fourth-order valence-electron chi connectivity index (χ4n) is 1.21. The maximum absolute atomic E-state index is 11.7. The van der Waals surface area contributed by atoms with Crippen molar-refractivity contribution in [2.24, 2.45) is 0 Å². The summed E-state index contributed by atoms with van der Waals surface area (Å²) in [5, 5.41) is 2.67. The predicted octanol–water partition coefficient (Wildman–Crippen LogP) is 1.43. The molecule has 0 atom stereocenters. The van der Waals surface area contributed by atoms with E-state index in [9.17, 15) is 4.79 Å². The molecule has 1 N–H and O–H groups in total. The first kappa shape index (κ1) is 10.2. The van der Waals surface area contributed by atoms with Crippen LogP contribution in [0.4, 0.5) is 5.82 Å². The van der Waals surface area contributed by atoms with E-state index in [4.69, 9.17) is 0 Å². The molecule has 16 heavy (non-hydrogen) atoms. The number of rotatable bonds is 2. The van der Waals surface area contributed by atoms with Crippen molar-refractivity contribution in [1.82, 2.24) is 15.0 Å². The van der Waals surface area contributed by atoms with Crippen molar-refractivity contribution >= 4 is 11.7 Å². The van der Waals surface area contributed by atoms with Crippen LogP contribution in [0, 0.1) is 6.92 Å². The van der Waals surface area contributed by atoms with E-state index in [0.29, 0.717) is 17.2 Å². The minimum Gasteiger partial charge on any atom is -0.306 e. The van der Waals surface area contributed by atoms with E-state index in [1.165, 1.54) is 6.20 Å². The van der Waals surface area contributed by atoms with Gasteiger partial charge in [0.2, 0.25) is 0 Å². The fraction of sp³-hybridized carbons (Fsp3) is 0.0909. The van der Waals surface area contributed by atoms with Crippen molar-refractivity contribution in [2.45, 2.75) is 6.92 Å². The van der Waals surface area contributed by atoms with E-state index < -0.39 is 0 Å². The fourth-order valence-corrected chi connectivity index (χ4v) is 1.21.